The van der Waals surface area contributed by atoms with Crippen LogP contribution in [0.3, 0.4) is 0 Å². The van der Waals surface area contributed by atoms with E-state index in [-0.39, 0.29) is 11.8 Å². The van der Waals surface area contributed by atoms with Crippen molar-refractivity contribution in [3.8, 4) is 0 Å². The molecule has 0 heterocycles. The molecule has 23 heavy (non-hydrogen) atoms. The highest BCUT2D eigenvalue weighted by Crippen LogP contribution is 2.37. The van der Waals surface area contributed by atoms with Gasteiger partial charge in [-0.05, 0) is 50.4 Å². The summed E-state index contributed by atoms with van der Waals surface area (Å²) < 4.78 is 0. The fraction of sp³-hybridized carbons (Fsp3) is 0.650. The highest BCUT2D eigenvalue weighted by atomic mass is 16.1. The lowest BCUT2D eigenvalue weighted by atomic mass is 9.84. The Hall–Kier alpha value is -1.35. The maximum Gasteiger partial charge on any atom is 0.227 e. The van der Waals surface area contributed by atoms with Crippen molar-refractivity contribution in [1.82, 2.24) is 10.2 Å². The average Bonchev–Trinajstić information content (AvgIpc) is 3.10. The van der Waals surface area contributed by atoms with Crippen LogP contribution in [0.15, 0.2) is 30.3 Å². The molecule has 1 unspecified atom stereocenters. The number of nitrogens with one attached hydrogen (secondary N) is 1. The van der Waals surface area contributed by atoms with E-state index in [2.05, 4.69) is 36.2 Å². The predicted molar refractivity (Wildman–Crippen MR) is 96.6 cm³/mol. The Labute approximate surface area is 141 Å². The average molecular weight is 316 g/mol. The molecule has 0 bridgehead atoms. The molecule has 1 aliphatic rings. The molecule has 0 aromatic heterocycles. The molecular formula is C20H32N2O. The molecule has 1 aromatic carbocycles. The molecule has 1 aliphatic carbocycles. The molecule has 1 amide bonds. The summed E-state index contributed by atoms with van der Waals surface area (Å²) >= 11 is 0. The minimum atomic E-state index is 0.0344. The molecule has 0 saturated heterocycles. The van der Waals surface area contributed by atoms with E-state index in [1.807, 2.05) is 18.2 Å². The largest absolute Gasteiger partial charge is 0.356 e. The second-order valence-corrected chi connectivity index (χ2v) is 6.60. The molecular weight excluding hydrogens is 284 g/mol. The van der Waals surface area contributed by atoms with Gasteiger partial charge in [0, 0.05) is 6.54 Å². The van der Waals surface area contributed by atoms with E-state index in [0.29, 0.717) is 5.92 Å². The van der Waals surface area contributed by atoms with Crippen LogP contribution in [0.5, 0.6) is 0 Å². The van der Waals surface area contributed by atoms with Gasteiger partial charge in [-0.15, -0.1) is 0 Å². The minimum Gasteiger partial charge on any atom is -0.356 e. The Morgan fingerprint density at radius 3 is 2.43 bits per heavy atom. The van der Waals surface area contributed by atoms with E-state index in [1.165, 1.54) is 31.2 Å². The zero-order valence-electron chi connectivity index (χ0n) is 14.8. The van der Waals surface area contributed by atoms with Gasteiger partial charge in [0.1, 0.15) is 0 Å². The molecule has 1 atom stereocenters. The lowest BCUT2D eigenvalue weighted by Crippen LogP contribution is -2.35. The van der Waals surface area contributed by atoms with Crippen molar-refractivity contribution >= 4 is 5.91 Å². The van der Waals surface area contributed by atoms with Gasteiger partial charge in [0.25, 0.3) is 0 Å². The molecule has 0 aliphatic heterocycles. The molecule has 3 heteroatoms. The van der Waals surface area contributed by atoms with Gasteiger partial charge in [-0.1, -0.05) is 57.0 Å². The van der Waals surface area contributed by atoms with Crippen LogP contribution in [0.1, 0.15) is 57.4 Å². The Morgan fingerprint density at radius 1 is 1.17 bits per heavy atom. The minimum absolute atomic E-state index is 0.0344. The van der Waals surface area contributed by atoms with Gasteiger partial charge in [0.15, 0.2) is 0 Å². The number of benzene rings is 1. The number of nitrogens with zero attached hydrogens (tertiary/aromatic N) is 1. The molecule has 0 radical (unpaired) electrons. The first-order chi connectivity index (χ1) is 11.3. The first-order valence-corrected chi connectivity index (χ1v) is 9.31. The van der Waals surface area contributed by atoms with Crippen molar-refractivity contribution in [3.05, 3.63) is 35.9 Å². The normalized spacial score (nSPS) is 16.7. The summed E-state index contributed by atoms with van der Waals surface area (Å²) in [6, 6.07) is 10.3. The molecule has 1 N–H and O–H groups in total. The van der Waals surface area contributed by atoms with Gasteiger partial charge >= 0.3 is 0 Å². The lowest BCUT2D eigenvalue weighted by Gasteiger charge is -2.24. The molecule has 1 aromatic rings. The van der Waals surface area contributed by atoms with E-state index < -0.39 is 0 Å². The van der Waals surface area contributed by atoms with E-state index in [9.17, 15) is 4.79 Å². The van der Waals surface area contributed by atoms with Crippen LogP contribution in [-0.4, -0.2) is 37.0 Å². The zero-order chi connectivity index (χ0) is 16.5. The smallest absolute Gasteiger partial charge is 0.227 e. The monoisotopic (exact) mass is 316 g/mol. The molecule has 3 nitrogen and oxygen atoms in total. The van der Waals surface area contributed by atoms with Crippen LogP contribution in [0.2, 0.25) is 0 Å². The highest BCUT2D eigenvalue weighted by Gasteiger charge is 2.31. The number of amides is 1. The van der Waals surface area contributed by atoms with Crippen LogP contribution in [-0.2, 0) is 4.79 Å². The van der Waals surface area contributed by atoms with Crippen LogP contribution in [0, 0.1) is 5.92 Å². The number of hydrogen-bond acceptors (Lipinski definition) is 2. The summed E-state index contributed by atoms with van der Waals surface area (Å²) in [5, 5.41) is 3.20. The number of hydrogen-bond donors (Lipinski definition) is 1. The highest BCUT2D eigenvalue weighted by molar-refractivity contribution is 5.84. The molecule has 0 spiro atoms. The summed E-state index contributed by atoms with van der Waals surface area (Å²) in [5.41, 5.74) is 1.18. The summed E-state index contributed by atoms with van der Waals surface area (Å²) in [6.07, 6.45) is 5.94. The fourth-order valence-electron chi connectivity index (χ4n) is 3.75. The van der Waals surface area contributed by atoms with Crippen LogP contribution in [0.4, 0.5) is 0 Å². The number of rotatable bonds is 9. The van der Waals surface area contributed by atoms with Crippen molar-refractivity contribution in [2.75, 3.05) is 26.2 Å². The summed E-state index contributed by atoms with van der Waals surface area (Å²) in [7, 11) is 0. The molecule has 128 valence electrons. The second kappa shape index (κ2) is 9.71. The maximum atomic E-state index is 12.8. The Balaban J connectivity index is 1.89. The van der Waals surface area contributed by atoms with Gasteiger partial charge in [-0.25, -0.2) is 0 Å². The molecule has 1 saturated carbocycles. The summed E-state index contributed by atoms with van der Waals surface area (Å²) in [5.74, 6) is 0.773. The van der Waals surface area contributed by atoms with Crippen molar-refractivity contribution in [3.63, 3.8) is 0 Å². The first kappa shape index (κ1) is 18.0. The summed E-state index contributed by atoms with van der Waals surface area (Å²) in [6.45, 7) is 8.39. The fourth-order valence-corrected chi connectivity index (χ4v) is 3.75. The Kier molecular flexibility index (Phi) is 7.60. The van der Waals surface area contributed by atoms with Gasteiger partial charge in [0.2, 0.25) is 5.91 Å². The third-order valence-corrected chi connectivity index (χ3v) is 5.16. The zero-order valence-corrected chi connectivity index (χ0v) is 14.8. The first-order valence-electron chi connectivity index (χ1n) is 9.31. The van der Waals surface area contributed by atoms with E-state index in [4.69, 9.17) is 0 Å². The Morgan fingerprint density at radius 2 is 1.83 bits per heavy atom. The second-order valence-electron chi connectivity index (χ2n) is 6.60. The van der Waals surface area contributed by atoms with Crippen molar-refractivity contribution < 1.29 is 4.79 Å². The van der Waals surface area contributed by atoms with Gasteiger partial charge in [-0.3, -0.25) is 4.79 Å². The van der Waals surface area contributed by atoms with Gasteiger partial charge in [0.05, 0.1) is 5.92 Å². The van der Waals surface area contributed by atoms with Gasteiger partial charge in [-0.2, -0.15) is 0 Å². The lowest BCUT2D eigenvalue weighted by molar-refractivity contribution is -0.123. The molecule has 1 fully saturated rings. The third kappa shape index (κ3) is 5.35. The predicted octanol–water partition coefficient (Wildman–Crippen LogP) is 3.81. The SMILES string of the molecule is CCN(CC)CCCNC(=O)C(c1ccccc1)C1CCCC1. The third-order valence-electron chi connectivity index (χ3n) is 5.16. The molecule has 2 rings (SSSR count). The van der Waals surface area contributed by atoms with Crippen molar-refractivity contribution in [2.45, 2.75) is 51.9 Å². The maximum absolute atomic E-state index is 12.8. The van der Waals surface area contributed by atoms with Crippen LogP contribution < -0.4 is 5.32 Å². The Bertz CT molecular complexity index is 450. The van der Waals surface area contributed by atoms with Crippen LogP contribution >= 0.6 is 0 Å². The number of carbonyl (C=O) groups excluding carboxylic acids is 1. The van der Waals surface area contributed by atoms with E-state index in [0.717, 1.165) is 32.6 Å². The van der Waals surface area contributed by atoms with Crippen molar-refractivity contribution in [2.24, 2.45) is 5.92 Å². The van der Waals surface area contributed by atoms with Crippen molar-refractivity contribution in [1.29, 1.82) is 0 Å². The quantitative estimate of drug-likeness (QED) is 0.703. The van der Waals surface area contributed by atoms with Crippen LogP contribution in [0.25, 0.3) is 0 Å². The standard InChI is InChI=1S/C20H32N2O/c1-3-22(4-2)16-10-15-21-20(23)19(18-13-8-9-14-18)17-11-6-5-7-12-17/h5-7,11-12,18-19H,3-4,8-10,13-16H2,1-2H3,(H,21,23). The topological polar surface area (TPSA) is 32.3 Å². The van der Waals surface area contributed by atoms with E-state index in [1.54, 1.807) is 0 Å². The van der Waals surface area contributed by atoms with E-state index >= 15 is 0 Å². The summed E-state index contributed by atoms with van der Waals surface area (Å²) in [4.78, 5) is 15.2. The van der Waals surface area contributed by atoms with Gasteiger partial charge < -0.3 is 10.2 Å². The number of carbonyl (C=O) groups is 1.